The van der Waals surface area contributed by atoms with Gasteiger partial charge in [-0.3, -0.25) is 0 Å². The maximum Gasteiger partial charge on any atom is 0.228 e. The second-order valence-electron chi connectivity index (χ2n) is 10.9. The van der Waals surface area contributed by atoms with E-state index in [1.165, 1.54) is 27.9 Å². The van der Waals surface area contributed by atoms with Crippen LogP contribution < -0.4 is 9.30 Å². The highest BCUT2D eigenvalue weighted by Gasteiger charge is 2.33. The fourth-order valence-electron chi connectivity index (χ4n) is 5.52. The summed E-state index contributed by atoms with van der Waals surface area (Å²) in [5.74, 6) is 1.88. The van der Waals surface area contributed by atoms with Crippen molar-refractivity contribution in [2.45, 2.75) is 48.0 Å². The Bertz CT molecular complexity index is 1630. The second kappa shape index (κ2) is 6.60. The number of ether oxygens (including phenoxy) is 1. The molecule has 33 heavy (non-hydrogen) atoms. The number of benzene rings is 3. The Morgan fingerprint density at radius 3 is 2.45 bits per heavy atom. The number of rotatable bonds is 1. The quantitative estimate of drug-likeness (QED) is 0.245. The van der Waals surface area contributed by atoms with Crippen molar-refractivity contribution in [1.82, 2.24) is 0 Å². The van der Waals surface area contributed by atoms with Crippen LogP contribution in [-0.2, 0) is 13.5 Å². The summed E-state index contributed by atoms with van der Waals surface area (Å²) in [4.78, 5) is 0. The number of aryl methyl sites for hydroxylation is 3. The van der Waals surface area contributed by atoms with E-state index >= 15 is 0 Å². The first-order chi connectivity index (χ1) is 15.6. The molecule has 0 saturated carbocycles. The number of para-hydroxylation sites is 1. The third-order valence-corrected chi connectivity index (χ3v) is 7.07. The molecular formula is C30H30NO2+. The van der Waals surface area contributed by atoms with Crippen LogP contribution in [0.5, 0.6) is 11.5 Å². The first-order valence-electron chi connectivity index (χ1n) is 11.7. The predicted molar refractivity (Wildman–Crippen MR) is 135 cm³/mol. The lowest BCUT2D eigenvalue weighted by atomic mass is 9.87. The maximum atomic E-state index is 6.82. The summed E-state index contributed by atoms with van der Waals surface area (Å²) in [6.07, 6.45) is 3.10. The smallest absolute Gasteiger partial charge is 0.228 e. The van der Waals surface area contributed by atoms with Crippen molar-refractivity contribution >= 4 is 32.7 Å². The molecule has 1 aliphatic rings. The zero-order valence-corrected chi connectivity index (χ0v) is 20.5. The van der Waals surface area contributed by atoms with Crippen molar-refractivity contribution in [1.29, 1.82) is 0 Å². The highest BCUT2D eigenvalue weighted by atomic mass is 16.5. The van der Waals surface area contributed by atoms with Crippen molar-refractivity contribution in [3.05, 3.63) is 64.8 Å². The average Bonchev–Trinajstić information content (AvgIpc) is 3.12. The molecule has 166 valence electrons. The van der Waals surface area contributed by atoms with Gasteiger partial charge in [-0.15, -0.1) is 0 Å². The molecule has 3 aromatic carbocycles. The molecule has 5 aromatic rings. The summed E-state index contributed by atoms with van der Waals surface area (Å²) >= 11 is 0. The molecular weight excluding hydrogens is 406 g/mol. The summed E-state index contributed by atoms with van der Waals surface area (Å²) in [6, 6.07) is 13.1. The second-order valence-corrected chi connectivity index (χ2v) is 10.9. The Kier molecular flexibility index (Phi) is 4.06. The molecule has 0 fully saturated rings. The summed E-state index contributed by atoms with van der Waals surface area (Å²) in [7, 11) is 2.13. The predicted octanol–water partition coefficient (Wildman–Crippen LogP) is 7.85. The summed E-state index contributed by atoms with van der Waals surface area (Å²) in [6.45, 7) is 13.3. The minimum Gasteiger partial charge on any atom is -0.456 e. The van der Waals surface area contributed by atoms with Crippen molar-refractivity contribution in [2.75, 3.05) is 0 Å². The summed E-state index contributed by atoms with van der Waals surface area (Å²) < 4.78 is 15.6. The van der Waals surface area contributed by atoms with E-state index in [1.807, 2.05) is 0 Å². The van der Waals surface area contributed by atoms with Gasteiger partial charge in [0.1, 0.15) is 24.0 Å². The van der Waals surface area contributed by atoms with Crippen LogP contribution in [0.4, 0.5) is 0 Å². The summed E-state index contributed by atoms with van der Waals surface area (Å²) in [5.41, 5.74) is 9.43. The third-order valence-electron chi connectivity index (χ3n) is 7.07. The molecule has 0 N–H and O–H groups in total. The van der Waals surface area contributed by atoms with Gasteiger partial charge in [-0.2, -0.15) is 0 Å². The zero-order chi connectivity index (χ0) is 23.2. The van der Waals surface area contributed by atoms with E-state index in [0.717, 1.165) is 56.2 Å². The lowest BCUT2D eigenvalue weighted by Crippen LogP contribution is -2.32. The maximum absolute atomic E-state index is 6.82. The molecule has 0 spiro atoms. The van der Waals surface area contributed by atoms with Crippen LogP contribution in [0.2, 0.25) is 0 Å². The number of hydrogen-bond acceptors (Lipinski definition) is 2. The van der Waals surface area contributed by atoms with Gasteiger partial charge in [0.25, 0.3) is 0 Å². The first-order valence-corrected chi connectivity index (χ1v) is 11.7. The van der Waals surface area contributed by atoms with E-state index in [0.29, 0.717) is 0 Å². The molecule has 0 atom stereocenters. The van der Waals surface area contributed by atoms with Gasteiger partial charge < -0.3 is 9.15 Å². The molecule has 6 rings (SSSR count). The molecule has 0 saturated heterocycles. The van der Waals surface area contributed by atoms with Gasteiger partial charge in [0, 0.05) is 16.8 Å². The molecule has 0 radical (unpaired) electrons. The molecule has 3 heterocycles. The number of pyridine rings is 1. The van der Waals surface area contributed by atoms with Crippen LogP contribution in [-0.4, -0.2) is 0 Å². The zero-order valence-electron chi connectivity index (χ0n) is 20.5. The fourth-order valence-corrected chi connectivity index (χ4v) is 5.52. The van der Waals surface area contributed by atoms with Gasteiger partial charge in [0.2, 0.25) is 5.69 Å². The SMILES string of the molecule is Cc1cc(C)c2c(c1C)-c1c3c(c4c(cc3cc[n+]1C)oc1c(CC(C)(C)C)cccc14)O2. The number of aromatic nitrogens is 1. The normalized spacial score (nSPS) is 13.1. The molecule has 0 bridgehead atoms. The minimum absolute atomic E-state index is 0.176. The number of fused-ring (bicyclic) bond motifs is 6. The molecule has 0 aliphatic carbocycles. The van der Waals surface area contributed by atoms with Gasteiger partial charge in [-0.05, 0) is 60.9 Å². The van der Waals surface area contributed by atoms with Crippen LogP contribution in [0.1, 0.15) is 43.0 Å². The van der Waals surface area contributed by atoms with Crippen LogP contribution in [0.15, 0.2) is 47.0 Å². The Morgan fingerprint density at radius 2 is 1.70 bits per heavy atom. The van der Waals surface area contributed by atoms with E-state index in [9.17, 15) is 0 Å². The number of nitrogens with zero attached hydrogens (tertiary/aromatic N) is 1. The highest BCUT2D eigenvalue weighted by Crippen LogP contribution is 2.52. The van der Waals surface area contributed by atoms with Crippen molar-refractivity contribution < 1.29 is 13.7 Å². The van der Waals surface area contributed by atoms with Gasteiger partial charge in [0.15, 0.2) is 11.9 Å². The monoisotopic (exact) mass is 436 g/mol. The molecule has 0 amide bonds. The van der Waals surface area contributed by atoms with E-state index in [4.69, 9.17) is 9.15 Å². The molecule has 0 unspecified atom stereocenters. The highest BCUT2D eigenvalue weighted by molar-refractivity contribution is 6.19. The molecule has 3 nitrogen and oxygen atoms in total. The largest absolute Gasteiger partial charge is 0.456 e. The minimum atomic E-state index is 0.176. The molecule has 2 aromatic heterocycles. The van der Waals surface area contributed by atoms with E-state index in [-0.39, 0.29) is 5.41 Å². The van der Waals surface area contributed by atoms with E-state index in [2.05, 4.69) is 95.8 Å². The Morgan fingerprint density at radius 1 is 0.909 bits per heavy atom. The van der Waals surface area contributed by atoms with Crippen LogP contribution >= 0.6 is 0 Å². The average molecular weight is 437 g/mol. The standard InChI is InChI=1S/C30H30NO2/c1-16-13-17(2)27-23(18(16)3)26-24-19(11-12-31(26)7)14-22-25(29(24)33-27)21-10-8-9-20(28(21)32-22)15-30(4,5)6/h8-14H,15H2,1-7H3/q+1. The van der Waals surface area contributed by atoms with E-state index < -0.39 is 0 Å². The van der Waals surface area contributed by atoms with Crippen molar-refractivity contribution in [2.24, 2.45) is 12.5 Å². The lowest BCUT2D eigenvalue weighted by molar-refractivity contribution is -0.659. The van der Waals surface area contributed by atoms with Gasteiger partial charge in [0.05, 0.1) is 16.3 Å². The Hall–Kier alpha value is -3.33. The first kappa shape index (κ1) is 20.3. The van der Waals surface area contributed by atoms with Crippen LogP contribution in [0, 0.1) is 26.2 Å². The topological polar surface area (TPSA) is 26.2 Å². The van der Waals surface area contributed by atoms with Crippen molar-refractivity contribution in [3.63, 3.8) is 0 Å². The molecule has 3 heteroatoms. The van der Waals surface area contributed by atoms with Crippen molar-refractivity contribution in [3.8, 4) is 22.8 Å². The van der Waals surface area contributed by atoms with Gasteiger partial charge >= 0.3 is 0 Å². The number of furan rings is 1. The molecule has 1 aliphatic heterocycles. The fraction of sp³-hybridized carbons (Fsp3) is 0.300. The third kappa shape index (κ3) is 2.84. The Labute approximate surface area is 194 Å². The summed E-state index contributed by atoms with van der Waals surface area (Å²) in [5, 5.41) is 4.51. The lowest BCUT2D eigenvalue weighted by Gasteiger charge is -2.23. The Balaban J connectivity index is 1.79. The van der Waals surface area contributed by atoms with E-state index in [1.54, 1.807) is 0 Å². The number of hydrogen-bond donors (Lipinski definition) is 0. The van der Waals surface area contributed by atoms with Crippen LogP contribution in [0.25, 0.3) is 44.0 Å². The van der Waals surface area contributed by atoms with Gasteiger partial charge in [-0.1, -0.05) is 45.0 Å². The van der Waals surface area contributed by atoms with Gasteiger partial charge in [-0.25, -0.2) is 4.57 Å². The van der Waals surface area contributed by atoms with Crippen LogP contribution in [0.3, 0.4) is 0 Å².